The van der Waals surface area contributed by atoms with E-state index in [-0.39, 0.29) is 17.7 Å². The Hall–Kier alpha value is -3.06. The third kappa shape index (κ3) is 4.74. The molecule has 2 aromatic carbocycles. The van der Waals surface area contributed by atoms with Gasteiger partial charge in [-0.2, -0.15) is 0 Å². The SMILES string of the molecule is O=C(NC(Cc1ccccc1)C(=O)NC1CCOc2ccc(Br)cc21)c1ccco1. The van der Waals surface area contributed by atoms with E-state index < -0.39 is 11.9 Å². The maximum atomic E-state index is 13.2. The normalized spacial score (nSPS) is 16.1. The van der Waals surface area contributed by atoms with E-state index in [9.17, 15) is 9.59 Å². The van der Waals surface area contributed by atoms with Gasteiger partial charge in [-0.3, -0.25) is 9.59 Å². The summed E-state index contributed by atoms with van der Waals surface area (Å²) in [6.07, 6.45) is 2.45. The van der Waals surface area contributed by atoms with E-state index in [1.54, 1.807) is 12.1 Å². The molecule has 0 fully saturated rings. The van der Waals surface area contributed by atoms with Crippen molar-refractivity contribution in [3.8, 4) is 5.75 Å². The summed E-state index contributed by atoms with van der Waals surface area (Å²) in [6, 6.07) is 17.6. The van der Waals surface area contributed by atoms with Gasteiger partial charge < -0.3 is 19.8 Å². The largest absolute Gasteiger partial charge is 0.493 e. The number of carbonyl (C=O) groups excluding carboxylic acids is 2. The molecule has 0 spiro atoms. The highest BCUT2D eigenvalue weighted by Crippen LogP contribution is 2.34. The van der Waals surface area contributed by atoms with Gasteiger partial charge in [0.05, 0.1) is 18.9 Å². The van der Waals surface area contributed by atoms with Gasteiger partial charge in [-0.1, -0.05) is 46.3 Å². The van der Waals surface area contributed by atoms with Crippen molar-refractivity contribution in [1.82, 2.24) is 10.6 Å². The van der Waals surface area contributed by atoms with Crippen molar-refractivity contribution in [3.63, 3.8) is 0 Å². The first-order valence-electron chi connectivity index (χ1n) is 9.71. The molecule has 0 saturated heterocycles. The van der Waals surface area contributed by atoms with Gasteiger partial charge in [0.25, 0.3) is 5.91 Å². The van der Waals surface area contributed by atoms with Gasteiger partial charge in [0.2, 0.25) is 5.91 Å². The Morgan fingerprint density at radius 2 is 1.93 bits per heavy atom. The fraction of sp³-hybridized carbons (Fsp3) is 0.217. The van der Waals surface area contributed by atoms with Crippen molar-refractivity contribution >= 4 is 27.7 Å². The van der Waals surface area contributed by atoms with Crippen LogP contribution in [0.1, 0.15) is 34.1 Å². The number of ether oxygens (including phenoxy) is 1. The summed E-state index contributed by atoms with van der Waals surface area (Å²) in [5.41, 5.74) is 1.87. The lowest BCUT2D eigenvalue weighted by molar-refractivity contribution is -0.123. The van der Waals surface area contributed by atoms with Crippen molar-refractivity contribution in [3.05, 3.63) is 88.3 Å². The Balaban J connectivity index is 1.53. The van der Waals surface area contributed by atoms with E-state index >= 15 is 0 Å². The van der Waals surface area contributed by atoms with Crippen LogP contribution in [0.4, 0.5) is 0 Å². The van der Waals surface area contributed by atoms with Crippen molar-refractivity contribution in [1.29, 1.82) is 0 Å². The van der Waals surface area contributed by atoms with Crippen LogP contribution in [0, 0.1) is 0 Å². The van der Waals surface area contributed by atoms with Crippen molar-refractivity contribution in [2.75, 3.05) is 6.61 Å². The van der Waals surface area contributed by atoms with E-state index in [4.69, 9.17) is 9.15 Å². The molecule has 2 N–H and O–H groups in total. The van der Waals surface area contributed by atoms with Crippen LogP contribution in [0.25, 0.3) is 0 Å². The average molecular weight is 469 g/mol. The second kappa shape index (κ2) is 9.17. The summed E-state index contributed by atoms with van der Waals surface area (Å²) >= 11 is 3.48. The van der Waals surface area contributed by atoms with Gasteiger partial charge >= 0.3 is 0 Å². The molecule has 7 heteroatoms. The van der Waals surface area contributed by atoms with Crippen LogP contribution in [0.3, 0.4) is 0 Å². The van der Waals surface area contributed by atoms with Gasteiger partial charge in [-0.05, 0) is 35.9 Å². The lowest BCUT2D eigenvalue weighted by Crippen LogP contribution is -2.49. The van der Waals surface area contributed by atoms with E-state index in [0.29, 0.717) is 19.4 Å². The highest BCUT2D eigenvalue weighted by Gasteiger charge is 2.28. The Morgan fingerprint density at radius 1 is 1.10 bits per heavy atom. The average Bonchev–Trinajstić information content (AvgIpc) is 3.29. The maximum Gasteiger partial charge on any atom is 0.287 e. The van der Waals surface area contributed by atoms with Gasteiger partial charge in [-0.25, -0.2) is 0 Å². The third-order valence-corrected chi connectivity index (χ3v) is 5.47. The zero-order valence-electron chi connectivity index (χ0n) is 16.1. The predicted molar refractivity (Wildman–Crippen MR) is 115 cm³/mol. The number of amides is 2. The smallest absolute Gasteiger partial charge is 0.287 e. The first-order valence-corrected chi connectivity index (χ1v) is 10.5. The maximum absolute atomic E-state index is 13.2. The Kier molecular flexibility index (Phi) is 6.18. The molecule has 2 heterocycles. The van der Waals surface area contributed by atoms with E-state index in [0.717, 1.165) is 21.3 Å². The summed E-state index contributed by atoms with van der Waals surface area (Å²) in [5, 5.41) is 5.90. The van der Waals surface area contributed by atoms with Crippen LogP contribution in [0.5, 0.6) is 5.75 Å². The lowest BCUT2D eigenvalue weighted by Gasteiger charge is -2.28. The number of benzene rings is 2. The van der Waals surface area contributed by atoms with Crippen molar-refractivity contribution < 1.29 is 18.7 Å². The topological polar surface area (TPSA) is 80.6 Å². The number of hydrogen-bond donors (Lipinski definition) is 2. The number of halogens is 1. The first-order chi connectivity index (χ1) is 14.6. The van der Waals surface area contributed by atoms with E-state index in [1.165, 1.54) is 6.26 Å². The minimum atomic E-state index is -0.747. The number of furan rings is 1. The molecular formula is C23H21BrN2O4. The second-order valence-corrected chi connectivity index (χ2v) is 7.99. The van der Waals surface area contributed by atoms with Crippen LogP contribution in [-0.2, 0) is 11.2 Å². The van der Waals surface area contributed by atoms with Gasteiger partial charge in [0.15, 0.2) is 5.76 Å². The zero-order chi connectivity index (χ0) is 20.9. The van der Waals surface area contributed by atoms with E-state index in [2.05, 4.69) is 26.6 Å². The second-order valence-electron chi connectivity index (χ2n) is 7.07. The summed E-state index contributed by atoms with van der Waals surface area (Å²) in [4.78, 5) is 25.7. The Morgan fingerprint density at radius 3 is 2.70 bits per heavy atom. The molecule has 1 aliphatic rings. The van der Waals surface area contributed by atoms with Gasteiger partial charge in [0.1, 0.15) is 11.8 Å². The molecule has 4 rings (SSSR count). The van der Waals surface area contributed by atoms with E-state index in [1.807, 2.05) is 48.5 Å². The lowest BCUT2D eigenvalue weighted by atomic mass is 9.99. The molecule has 2 amide bonds. The summed E-state index contributed by atoms with van der Waals surface area (Å²) in [7, 11) is 0. The Labute approximate surface area is 182 Å². The Bertz CT molecular complexity index is 1020. The fourth-order valence-corrected chi connectivity index (χ4v) is 3.86. The van der Waals surface area contributed by atoms with Crippen molar-refractivity contribution in [2.45, 2.75) is 24.9 Å². The summed E-state index contributed by atoms with van der Waals surface area (Å²) in [6.45, 7) is 0.516. The molecule has 154 valence electrons. The predicted octanol–water partition coefficient (Wildman–Crippen LogP) is 4.02. The van der Waals surface area contributed by atoms with Crippen LogP contribution < -0.4 is 15.4 Å². The molecule has 1 aromatic heterocycles. The van der Waals surface area contributed by atoms with Crippen LogP contribution >= 0.6 is 15.9 Å². The molecular weight excluding hydrogens is 448 g/mol. The highest BCUT2D eigenvalue weighted by atomic mass is 79.9. The zero-order valence-corrected chi connectivity index (χ0v) is 17.7. The minimum Gasteiger partial charge on any atom is -0.493 e. The molecule has 3 aromatic rings. The van der Waals surface area contributed by atoms with Crippen LogP contribution in [0.15, 0.2) is 75.8 Å². The van der Waals surface area contributed by atoms with Crippen LogP contribution in [-0.4, -0.2) is 24.5 Å². The minimum absolute atomic E-state index is 0.168. The molecule has 0 bridgehead atoms. The molecule has 6 nitrogen and oxygen atoms in total. The standard InChI is InChI=1S/C23H21BrN2O4/c24-16-8-9-20-17(14-16)18(10-12-30-20)25-22(27)19(13-15-5-2-1-3-6-15)26-23(28)21-7-4-11-29-21/h1-9,11,14,18-19H,10,12-13H2,(H,25,27)(H,26,28). The highest BCUT2D eigenvalue weighted by molar-refractivity contribution is 9.10. The summed E-state index contributed by atoms with van der Waals surface area (Å²) in [5.74, 6) is 0.248. The quantitative estimate of drug-likeness (QED) is 0.572. The monoisotopic (exact) mass is 468 g/mol. The molecule has 2 atom stereocenters. The molecule has 0 saturated carbocycles. The van der Waals surface area contributed by atoms with Crippen molar-refractivity contribution in [2.24, 2.45) is 0 Å². The molecule has 0 aliphatic carbocycles. The number of nitrogens with one attached hydrogen (secondary N) is 2. The van der Waals surface area contributed by atoms with Gasteiger partial charge in [0, 0.05) is 22.9 Å². The molecule has 0 radical (unpaired) electrons. The molecule has 1 aliphatic heterocycles. The van der Waals surface area contributed by atoms with Gasteiger partial charge in [-0.15, -0.1) is 0 Å². The number of hydrogen-bond acceptors (Lipinski definition) is 4. The third-order valence-electron chi connectivity index (χ3n) is 4.98. The fourth-order valence-electron chi connectivity index (χ4n) is 3.48. The number of fused-ring (bicyclic) bond motifs is 1. The number of rotatable bonds is 6. The number of carbonyl (C=O) groups is 2. The van der Waals surface area contributed by atoms with Crippen LogP contribution in [0.2, 0.25) is 0 Å². The summed E-state index contributed by atoms with van der Waals surface area (Å²) < 4.78 is 11.8. The molecule has 2 unspecified atom stereocenters. The first kappa shape index (κ1) is 20.2. The molecule has 30 heavy (non-hydrogen) atoms.